The number of ether oxygens (including phenoxy) is 1. The zero-order valence-corrected chi connectivity index (χ0v) is 11.5. The lowest BCUT2D eigenvalue weighted by Gasteiger charge is -2.15. The summed E-state index contributed by atoms with van der Waals surface area (Å²) in [5.41, 5.74) is -3.45. The number of aliphatic hydroxyl groups is 2. The molecule has 1 aliphatic rings. The van der Waals surface area contributed by atoms with Gasteiger partial charge in [-0.15, -0.1) is 0 Å². The van der Waals surface area contributed by atoms with Crippen LogP contribution < -0.4 is 17.1 Å². The number of hydrogen-bond donors (Lipinski definition) is 6. The predicted molar refractivity (Wildman–Crippen MR) is 65.9 cm³/mol. The van der Waals surface area contributed by atoms with Crippen LogP contribution in [0.15, 0.2) is 14.4 Å². The SMILES string of the molecule is O=c1[nH]c(=O)n([C@@H]2O[C@H](COP(=O)(O)O)[C@@H](O)[C@H]2O)c(=O)[nH]1. The van der Waals surface area contributed by atoms with Gasteiger partial charge in [-0.1, -0.05) is 0 Å². The molecule has 2 rings (SSSR count). The minimum Gasteiger partial charge on any atom is -0.387 e. The summed E-state index contributed by atoms with van der Waals surface area (Å²) in [5.74, 6) is 0. The summed E-state index contributed by atoms with van der Waals surface area (Å²) in [6.45, 7) is -0.797. The van der Waals surface area contributed by atoms with Gasteiger partial charge in [0.1, 0.15) is 18.3 Å². The summed E-state index contributed by atoms with van der Waals surface area (Å²) in [6, 6.07) is 0. The molecule has 124 valence electrons. The fraction of sp³-hybridized carbons (Fsp3) is 0.625. The van der Waals surface area contributed by atoms with E-state index < -0.39 is 56.0 Å². The fourth-order valence-corrected chi connectivity index (χ4v) is 2.26. The van der Waals surface area contributed by atoms with E-state index in [4.69, 9.17) is 14.5 Å². The number of phosphoric ester groups is 1. The highest BCUT2D eigenvalue weighted by atomic mass is 31.2. The van der Waals surface area contributed by atoms with Gasteiger partial charge in [-0.05, 0) is 0 Å². The first-order valence-electron chi connectivity index (χ1n) is 5.77. The summed E-state index contributed by atoms with van der Waals surface area (Å²) in [7, 11) is -4.84. The third-order valence-corrected chi connectivity index (χ3v) is 3.36. The van der Waals surface area contributed by atoms with Crippen molar-refractivity contribution in [2.45, 2.75) is 24.5 Å². The highest BCUT2D eigenvalue weighted by molar-refractivity contribution is 7.46. The van der Waals surface area contributed by atoms with Crippen molar-refractivity contribution in [1.82, 2.24) is 14.5 Å². The number of H-pyrrole nitrogens is 2. The summed E-state index contributed by atoms with van der Waals surface area (Å²) >= 11 is 0. The lowest BCUT2D eigenvalue weighted by molar-refractivity contribution is -0.0565. The average Bonchev–Trinajstić information content (AvgIpc) is 2.63. The third-order valence-electron chi connectivity index (χ3n) is 2.88. The van der Waals surface area contributed by atoms with Crippen molar-refractivity contribution in [2.24, 2.45) is 0 Å². The summed E-state index contributed by atoms with van der Waals surface area (Å²) < 4.78 is 20.1. The highest BCUT2D eigenvalue weighted by Gasteiger charge is 2.45. The smallest absolute Gasteiger partial charge is 0.387 e. The Kier molecular flexibility index (Phi) is 4.49. The Bertz CT molecular complexity index is 726. The number of aromatic amines is 2. The molecule has 22 heavy (non-hydrogen) atoms. The Balaban J connectivity index is 2.28. The first-order valence-corrected chi connectivity index (χ1v) is 7.30. The molecule has 6 N–H and O–H groups in total. The highest BCUT2D eigenvalue weighted by Crippen LogP contribution is 2.37. The minimum absolute atomic E-state index is 0.312. The number of aromatic nitrogens is 3. The molecular formula is C8H12N3O10P. The quantitative estimate of drug-likeness (QED) is 0.292. The van der Waals surface area contributed by atoms with Gasteiger partial charge >= 0.3 is 24.9 Å². The van der Waals surface area contributed by atoms with Crippen molar-refractivity contribution in [3.63, 3.8) is 0 Å². The van der Waals surface area contributed by atoms with Crippen LogP contribution in [-0.4, -0.2) is 59.5 Å². The van der Waals surface area contributed by atoms with E-state index >= 15 is 0 Å². The Morgan fingerprint density at radius 2 is 1.68 bits per heavy atom. The van der Waals surface area contributed by atoms with Crippen LogP contribution >= 0.6 is 7.82 Å². The summed E-state index contributed by atoms with van der Waals surface area (Å²) in [6.07, 6.45) is -6.54. The van der Waals surface area contributed by atoms with Gasteiger partial charge in [0.15, 0.2) is 6.23 Å². The van der Waals surface area contributed by atoms with E-state index in [1.54, 1.807) is 9.97 Å². The van der Waals surface area contributed by atoms with Gasteiger partial charge in [-0.25, -0.2) is 23.5 Å². The first-order chi connectivity index (χ1) is 10.1. The monoisotopic (exact) mass is 341 g/mol. The van der Waals surface area contributed by atoms with Crippen LogP contribution in [0.4, 0.5) is 0 Å². The molecule has 0 radical (unpaired) electrons. The molecule has 0 aromatic carbocycles. The number of phosphoric acid groups is 1. The maximum absolute atomic E-state index is 11.6. The molecule has 1 aromatic heterocycles. The Labute approximate surface area is 120 Å². The molecule has 0 saturated carbocycles. The van der Waals surface area contributed by atoms with Gasteiger partial charge in [0.05, 0.1) is 6.61 Å². The second kappa shape index (κ2) is 5.89. The Morgan fingerprint density at radius 1 is 1.14 bits per heavy atom. The van der Waals surface area contributed by atoms with E-state index in [0.717, 1.165) is 0 Å². The van der Waals surface area contributed by atoms with Crippen LogP contribution in [0.25, 0.3) is 0 Å². The van der Waals surface area contributed by atoms with Gasteiger partial charge in [-0.3, -0.25) is 14.5 Å². The van der Waals surface area contributed by atoms with E-state index in [9.17, 15) is 29.2 Å². The molecule has 2 heterocycles. The largest absolute Gasteiger partial charge is 0.469 e. The second-order valence-corrected chi connectivity index (χ2v) is 5.63. The molecule has 1 fully saturated rings. The van der Waals surface area contributed by atoms with E-state index in [-0.39, 0.29) is 0 Å². The lowest BCUT2D eigenvalue weighted by Crippen LogP contribution is -2.47. The molecule has 14 heteroatoms. The molecule has 1 aromatic rings. The molecule has 0 spiro atoms. The molecule has 0 amide bonds. The van der Waals surface area contributed by atoms with Gasteiger partial charge in [0.25, 0.3) is 0 Å². The van der Waals surface area contributed by atoms with E-state index in [2.05, 4.69) is 4.52 Å². The standard InChI is InChI=1S/C8H12N3O10P/c12-3-2(1-20-22(17,18)19)21-5(4(3)13)11-7(15)9-6(14)10-8(11)16/h2-5,12-13H,1H2,(H2,17,18,19)(H2,9,10,14,15,16)/t2-,3-,4-,5-/m1/s1. The average molecular weight is 341 g/mol. The number of hydrogen-bond acceptors (Lipinski definition) is 8. The minimum atomic E-state index is -4.84. The van der Waals surface area contributed by atoms with Crippen molar-refractivity contribution < 1.29 is 33.8 Å². The molecule has 4 atom stereocenters. The van der Waals surface area contributed by atoms with E-state index in [1.807, 2.05) is 0 Å². The topological polar surface area (TPSA) is 204 Å². The fourth-order valence-electron chi connectivity index (χ4n) is 1.92. The molecule has 1 aliphatic heterocycles. The van der Waals surface area contributed by atoms with Crippen molar-refractivity contribution >= 4 is 7.82 Å². The molecule has 0 unspecified atom stereocenters. The van der Waals surface area contributed by atoms with Crippen LogP contribution in [0.2, 0.25) is 0 Å². The first kappa shape index (κ1) is 16.8. The van der Waals surface area contributed by atoms with Gasteiger partial charge in [0, 0.05) is 0 Å². The summed E-state index contributed by atoms with van der Waals surface area (Å²) in [5, 5.41) is 19.5. The van der Waals surface area contributed by atoms with Gasteiger partial charge < -0.3 is 24.7 Å². The zero-order chi connectivity index (χ0) is 16.7. The number of rotatable bonds is 4. The number of nitrogens with one attached hydrogen (secondary N) is 2. The lowest BCUT2D eigenvalue weighted by atomic mass is 10.1. The van der Waals surface area contributed by atoms with E-state index in [1.165, 1.54) is 0 Å². The Hall–Kier alpha value is -1.60. The number of aliphatic hydroxyl groups excluding tert-OH is 2. The van der Waals surface area contributed by atoms with Gasteiger partial charge in [-0.2, -0.15) is 0 Å². The normalized spacial score (nSPS) is 28.9. The maximum Gasteiger partial charge on any atom is 0.469 e. The summed E-state index contributed by atoms with van der Waals surface area (Å²) in [4.78, 5) is 54.7. The molecular weight excluding hydrogens is 329 g/mol. The van der Waals surface area contributed by atoms with Gasteiger partial charge in [0.2, 0.25) is 0 Å². The zero-order valence-electron chi connectivity index (χ0n) is 10.6. The maximum atomic E-state index is 11.6. The van der Waals surface area contributed by atoms with Crippen LogP contribution in [0, 0.1) is 0 Å². The Morgan fingerprint density at radius 3 is 2.18 bits per heavy atom. The van der Waals surface area contributed by atoms with Crippen LogP contribution in [0.3, 0.4) is 0 Å². The van der Waals surface area contributed by atoms with E-state index in [0.29, 0.717) is 4.57 Å². The third kappa shape index (κ3) is 3.41. The molecule has 0 aliphatic carbocycles. The second-order valence-electron chi connectivity index (χ2n) is 4.39. The molecule has 0 bridgehead atoms. The van der Waals surface area contributed by atoms with Crippen LogP contribution in [0.1, 0.15) is 6.23 Å². The van der Waals surface area contributed by atoms with Crippen LogP contribution in [0.5, 0.6) is 0 Å². The number of nitrogens with zero attached hydrogens (tertiary/aromatic N) is 1. The van der Waals surface area contributed by atoms with Crippen molar-refractivity contribution in [3.05, 3.63) is 31.5 Å². The van der Waals surface area contributed by atoms with Crippen molar-refractivity contribution in [3.8, 4) is 0 Å². The van der Waals surface area contributed by atoms with Crippen LogP contribution in [-0.2, 0) is 13.8 Å². The predicted octanol–water partition coefficient (Wildman–Crippen LogP) is -4.05. The molecule has 13 nitrogen and oxygen atoms in total. The van der Waals surface area contributed by atoms with Crippen molar-refractivity contribution in [2.75, 3.05) is 6.61 Å². The molecule has 1 saturated heterocycles. The van der Waals surface area contributed by atoms with Crippen molar-refractivity contribution in [1.29, 1.82) is 0 Å².